The Kier molecular flexibility index (Phi) is 5.09. The van der Waals surface area contributed by atoms with Gasteiger partial charge in [0.25, 0.3) is 0 Å². The Morgan fingerprint density at radius 3 is 2.39 bits per heavy atom. The molecule has 0 spiro atoms. The van der Waals surface area contributed by atoms with Crippen molar-refractivity contribution in [3.05, 3.63) is 70.9 Å². The average molecular weight is 372 g/mol. The van der Waals surface area contributed by atoms with E-state index in [2.05, 4.69) is 63.3 Å². The molecule has 4 rings (SSSR count). The summed E-state index contributed by atoms with van der Waals surface area (Å²) in [6.45, 7) is 8.62. The van der Waals surface area contributed by atoms with Gasteiger partial charge in [0, 0.05) is 32.7 Å². The van der Waals surface area contributed by atoms with Crippen LogP contribution in [0, 0.1) is 25.2 Å². The molecule has 0 amide bonds. The molecule has 0 aliphatic carbocycles. The quantitative estimate of drug-likeness (QED) is 0.704. The van der Waals surface area contributed by atoms with Gasteiger partial charge in [-0.3, -0.25) is 4.90 Å². The molecule has 3 aromatic rings. The maximum absolute atomic E-state index is 9.57. The van der Waals surface area contributed by atoms with Crippen LogP contribution in [-0.4, -0.2) is 46.1 Å². The molecular formula is C22H24N6. The molecule has 2 aromatic carbocycles. The van der Waals surface area contributed by atoms with Crippen molar-refractivity contribution in [1.82, 2.24) is 19.9 Å². The highest BCUT2D eigenvalue weighted by Gasteiger charge is 2.23. The van der Waals surface area contributed by atoms with Gasteiger partial charge < -0.3 is 4.90 Å². The number of aromatic nitrogens is 3. The average Bonchev–Trinajstić information content (AvgIpc) is 3.13. The maximum Gasteiger partial charge on any atom is 0.207 e. The molecule has 28 heavy (non-hydrogen) atoms. The van der Waals surface area contributed by atoms with E-state index in [4.69, 9.17) is 0 Å². The first-order chi connectivity index (χ1) is 13.6. The lowest BCUT2D eigenvalue weighted by atomic mass is 10.1. The summed E-state index contributed by atoms with van der Waals surface area (Å²) in [7, 11) is 0. The summed E-state index contributed by atoms with van der Waals surface area (Å²) >= 11 is 0. The van der Waals surface area contributed by atoms with Crippen LogP contribution in [0.25, 0.3) is 5.69 Å². The SMILES string of the molecule is Cc1ccc(-n2nc(C#N)c(N3CCN(Cc4ccccc4)CC3)n2)c(C)c1. The van der Waals surface area contributed by atoms with Gasteiger partial charge in [-0.2, -0.15) is 5.26 Å². The van der Waals surface area contributed by atoms with E-state index in [0.29, 0.717) is 11.5 Å². The van der Waals surface area contributed by atoms with Crippen molar-refractivity contribution in [3.63, 3.8) is 0 Å². The smallest absolute Gasteiger partial charge is 0.207 e. The van der Waals surface area contributed by atoms with Crippen molar-refractivity contribution in [2.75, 3.05) is 31.1 Å². The van der Waals surface area contributed by atoms with E-state index < -0.39 is 0 Å². The summed E-state index contributed by atoms with van der Waals surface area (Å²) in [5.41, 5.74) is 4.92. The summed E-state index contributed by atoms with van der Waals surface area (Å²) in [6.07, 6.45) is 0. The zero-order valence-electron chi connectivity index (χ0n) is 16.3. The number of piperazine rings is 1. The molecule has 0 atom stereocenters. The third kappa shape index (κ3) is 3.75. The van der Waals surface area contributed by atoms with E-state index >= 15 is 0 Å². The van der Waals surface area contributed by atoms with Crippen molar-refractivity contribution >= 4 is 5.82 Å². The number of nitrogens with zero attached hydrogens (tertiary/aromatic N) is 6. The second kappa shape index (κ2) is 7.83. The fraction of sp³-hybridized carbons (Fsp3) is 0.318. The van der Waals surface area contributed by atoms with Crippen molar-refractivity contribution in [3.8, 4) is 11.8 Å². The Balaban J connectivity index is 1.49. The number of benzene rings is 2. The van der Waals surface area contributed by atoms with Crippen molar-refractivity contribution in [2.45, 2.75) is 20.4 Å². The molecule has 1 aliphatic rings. The van der Waals surface area contributed by atoms with Crippen molar-refractivity contribution < 1.29 is 0 Å². The molecule has 1 aromatic heterocycles. The van der Waals surface area contributed by atoms with Crippen LogP contribution in [0.3, 0.4) is 0 Å². The molecule has 0 radical (unpaired) electrons. The molecule has 2 heterocycles. The first-order valence-electron chi connectivity index (χ1n) is 9.60. The topological polar surface area (TPSA) is 61.0 Å². The van der Waals surface area contributed by atoms with E-state index in [-0.39, 0.29) is 0 Å². The van der Waals surface area contributed by atoms with E-state index in [9.17, 15) is 5.26 Å². The zero-order chi connectivity index (χ0) is 19.5. The monoisotopic (exact) mass is 372 g/mol. The molecule has 0 saturated carbocycles. The van der Waals surface area contributed by atoms with E-state index in [1.165, 1.54) is 11.1 Å². The van der Waals surface area contributed by atoms with Gasteiger partial charge in [-0.05, 0) is 31.0 Å². The molecule has 142 valence electrons. The third-order valence-corrected chi connectivity index (χ3v) is 5.19. The first kappa shape index (κ1) is 18.2. The predicted molar refractivity (Wildman–Crippen MR) is 109 cm³/mol. The Morgan fingerprint density at radius 2 is 1.71 bits per heavy atom. The number of aryl methyl sites for hydroxylation is 2. The van der Waals surface area contributed by atoms with Crippen LogP contribution in [-0.2, 0) is 6.54 Å². The molecule has 6 heteroatoms. The second-order valence-corrected chi connectivity index (χ2v) is 7.31. The van der Waals surface area contributed by atoms with Crippen LogP contribution in [0.15, 0.2) is 48.5 Å². The highest BCUT2D eigenvalue weighted by atomic mass is 15.5. The second-order valence-electron chi connectivity index (χ2n) is 7.31. The van der Waals surface area contributed by atoms with Gasteiger partial charge in [0.15, 0.2) is 5.82 Å². The lowest BCUT2D eigenvalue weighted by molar-refractivity contribution is 0.249. The Labute approximate surface area is 165 Å². The summed E-state index contributed by atoms with van der Waals surface area (Å²) in [4.78, 5) is 6.21. The Morgan fingerprint density at radius 1 is 0.964 bits per heavy atom. The molecule has 1 fully saturated rings. The van der Waals surface area contributed by atoms with Gasteiger partial charge in [-0.25, -0.2) is 0 Å². The highest BCUT2D eigenvalue weighted by molar-refractivity contribution is 5.51. The third-order valence-electron chi connectivity index (χ3n) is 5.19. The molecule has 1 aliphatic heterocycles. The van der Waals surface area contributed by atoms with Gasteiger partial charge >= 0.3 is 0 Å². The Bertz CT molecular complexity index is 994. The van der Waals surface area contributed by atoms with Gasteiger partial charge in [0.2, 0.25) is 5.69 Å². The minimum atomic E-state index is 0.386. The standard InChI is InChI=1S/C22H24N6/c1-17-8-9-21(18(2)14-17)28-24-20(15-23)22(25-28)27-12-10-26(11-13-27)16-19-6-4-3-5-7-19/h3-9,14H,10-13,16H2,1-2H3. The highest BCUT2D eigenvalue weighted by Crippen LogP contribution is 2.21. The molecule has 0 bridgehead atoms. The van der Waals surface area contributed by atoms with Crippen LogP contribution >= 0.6 is 0 Å². The minimum Gasteiger partial charge on any atom is -0.350 e. The predicted octanol–water partition coefficient (Wildman–Crippen LogP) is 3.08. The van der Waals surface area contributed by atoms with Crippen LogP contribution < -0.4 is 4.90 Å². The van der Waals surface area contributed by atoms with Gasteiger partial charge in [-0.1, -0.05) is 48.0 Å². The molecule has 6 nitrogen and oxygen atoms in total. The molecule has 0 N–H and O–H groups in total. The molecule has 1 saturated heterocycles. The summed E-state index contributed by atoms with van der Waals surface area (Å²) < 4.78 is 0. The normalized spacial score (nSPS) is 14.8. The number of nitriles is 1. The molecule has 0 unspecified atom stereocenters. The van der Waals surface area contributed by atoms with Crippen molar-refractivity contribution in [2.24, 2.45) is 0 Å². The number of rotatable bonds is 4. The van der Waals surface area contributed by atoms with Gasteiger partial charge in [0.1, 0.15) is 6.07 Å². The minimum absolute atomic E-state index is 0.386. The van der Waals surface area contributed by atoms with Gasteiger partial charge in [-0.15, -0.1) is 15.0 Å². The van der Waals surface area contributed by atoms with E-state index in [1.54, 1.807) is 4.80 Å². The first-order valence-corrected chi connectivity index (χ1v) is 9.60. The lowest BCUT2D eigenvalue weighted by Crippen LogP contribution is -2.46. The van der Waals surface area contributed by atoms with E-state index in [0.717, 1.165) is 44.0 Å². The number of hydrogen-bond acceptors (Lipinski definition) is 5. The molecular weight excluding hydrogens is 348 g/mol. The van der Waals surface area contributed by atoms with Crippen LogP contribution in [0.1, 0.15) is 22.4 Å². The van der Waals surface area contributed by atoms with Crippen LogP contribution in [0.4, 0.5) is 5.82 Å². The summed E-state index contributed by atoms with van der Waals surface area (Å²) in [6, 6.07) is 18.9. The summed E-state index contributed by atoms with van der Waals surface area (Å²) in [5.74, 6) is 0.682. The zero-order valence-corrected chi connectivity index (χ0v) is 16.3. The fourth-order valence-electron chi connectivity index (χ4n) is 3.68. The maximum atomic E-state index is 9.57. The number of hydrogen-bond donors (Lipinski definition) is 0. The van der Waals surface area contributed by atoms with Gasteiger partial charge in [0.05, 0.1) is 5.69 Å². The number of anilines is 1. The summed E-state index contributed by atoms with van der Waals surface area (Å²) in [5, 5.41) is 18.7. The fourth-order valence-corrected chi connectivity index (χ4v) is 3.68. The van der Waals surface area contributed by atoms with E-state index in [1.807, 2.05) is 25.1 Å². The largest absolute Gasteiger partial charge is 0.350 e. The van der Waals surface area contributed by atoms with Crippen LogP contribution in [0.2, 0.25) is 0 Å². The van der Waals surface area contributed by atoms with Crippen LogP contribution in [0.5, 0.6) is 0 Å². The lowest BCUT2D eigenvalue weighted by Gasteiger charge is -2.34. The van der Waals surface area contributed by atoms with Crippen molar-refractivity contribution in [1.29, 1.82) is 5.26 Å². The Hall–Kier alpha value is -3.17.